The number of esters is 1. The largest absolute Gasteiger partial charge is 0.456 e. The van der Waals surface area contributed by atoms with E-state index >= 15 is 0 Å². The lowest BCUT2D eigenvalue weighted by Crippen LogP contribution is -2.65. The van der Waals surface area contributed by atoms with E-state index in [1.165, 1.54) is 23.9 Å². The molecule has 1 fully saturated rings. The molecule has 8 nitrogen and oxygen atoms in total. The molecule has 208 valence electrons. The second kappa shape index (κ2) is 10.9. The predicted octanol–water partition coefficient (Wildman–Crippen LogP) is 6.53. The number of β-lactam (4-membered cyclic amide) rings is 1. The number of fused-ring (bicyclic) bond motifs is 1. The number of hydrogen-bond donors (Lipinski definition) is 0. The molecule has 39 heavy (non-hydrogen) atoms. The molecule has 0 saturated carbocycles. The highest BCUT2D eigenvalue weighted by atomic mass is 32.2. The number of non-ortho nitro benzene ring substituents is 1. The highest BCUT2D eigenvalue weighted by Crippen LogP contribution is 2.53. The van der Waals surface area contributed by atoms with Crippen LogP contribution in [0.2, 0.25) is 18.1 Å². The van der Waals surface area contributed by atoms with Gasteiger partial charge in [0.1, 0.15) is 12.3 Å². The number of hydrogen-bond acceptors (Lipinski definition) is 7. The van der Waals surface area contributed by atoms with Crippen LogP contribution in [-0.4, -0.2) is 42.2 Å². The first-order valence-electron chi connectivity index (χ1n) is 13.1. The van der Waals surface area contributed by atoms with Gasteiger partial charge in [0.25, 0.3) is 5.69 Å². The number of thioether (sulfide) groups is 1. The second-order valence-corrected chi connectivity index (χ2v) is 17.6. The van der Waals surface area contributed by atoms with Gasteiger partial charge in [0.05, 0.1) is 23.0 Å². The van der Waals surface area contributed by atoms with Gasteiger partial charge in [-0.1, -0.05) is 57.7 Å². The molecule has 0 bridgehead atoms. The van der Waals surface area contributed by atoms with Gasteiger partial charge >= 0.3 is 5.97 Å². The van der Waals surface area contributed by atoms with Crippen molar-refractivity contribution in [2.24, 2.45) is 11.8 Å². The minimum absolute atomic E-state index is 0.00837. The average Bonchev–Trinajstić information content (AvgIpc) is 3.10. The van der Waals surface area contributed by atoms with Crippen LogP contribution in [0.5, 0.6) is 0 Å². The maximum absolute atomic E-state index is 13.6. The van der Waals surface area contributed by atoms with E-state index in [0.717, 1.165) is 9.80 Å². The molecular weight excluding hydrogens is 532 g/mol. The van der Waals surface area contributed by atoms with E-state index in [9.17, 15) is 19.7 Å². The Kier molecular flexibility index (Phi) is 8.12. The lowest BCUT2D eigenvalue weighted by atomic mass is 9.79. The van der Waals surface area contributed by atoms with Crippen LogP contribution >= 0.6 is 11.8 Å². The highest BCUT2D eigenvalue weighted by Gasteiger charge is 2.61. The number of nitro groups is 1. The Bertz CT molecular complexity index is 1290. The fourth-order valence-corrected chi connectivity index (χ4v) is 7.48. The Balaban J connectivity index is 1.58. The summed E-state index contributed by atoms with van der Waals surface area (Å²) in [6.45, 7) is 14.9. The molecule has 0 N–H and O–H groups in total. The molecule has 0 aliphatic carbocycles. The Hall–Kier alpha value is -2.95. The zero-order valence-corrected chi connectivity index (χ0v) is 25.3. The number of nitrogens with zero attached hydrogens (tertiary/aromatic N) is 2. The van der Waals surface area contributed by atoms with Crippen LogP contribution < -0.4 is 0 Å². The summed E-state index contributed by atoms with van der Waals surface area (Å²) in [4.78, 5) is 40.9. The topological polar surface area (TPSA) is 99.0 Å². The van der Waals surface area contributed by atoms with Gasteiger partial charge in [-0.2, -0.15) is 0 Å². The first kappa shape index (κ1) is 29.0. The van der Waals surface area contributed by atoms with Crippen LogP contribution in [0.3, 0.4) is 0 Å². The minimum Gasteiger partial charge on any atom is -0.456 e. The number of rotatable bonds is 9. The quantitative estimate of drug-likeness (QED) is 0.111. The second-order valence-electron chi connectivity index (χ2n) is 11.7. The normalized spacial score (nSPS) is 21.9. The summed E-state index contributed by atoms with van der Waals surface area (Å²) in [5, 5.41) is 10.9. The van der Waals surface area contributed by atoms with Crippen molar-refractivity contribution in [2.45, 2.75) is 76.4 Å². The van der Waals surface area contributed by atoms with E-state index in [1.807, 2.05) is 37.3 Å². The maximum atomic E-state index is 13.6. The van der Waals surface area contributed by atoms with Gasteiger partial charge in [-0.15, -0.1) is 0 Å². The Morgan fingerprint density at radius 3 is 2.31 bits per heavy atom. The van der Waals surface area contributed by atoms with E-state index in [4.69, 9.17) is 9.16 Å². The van der Waals surface area contributed by atoms with E-state index in [0.29, 0.717) is 5.56 Å². The van der Waals surface area contributed by atoms with Gasteiger partial charge < -0.3 is 14.1 Å². The van der Waals surface area contributed by atoms with E-state index in [-0.39, 0.29) is 52.9 Å². The van der Waals surface area contributed by atoms with Crippen molar-refractivity contribution in [3.63, 3.8) is 0 Å². The number of carbonyl (C=O) groups excluding carboxylic acids is 2. The molecule has 0 aromatic heterocycles. The van der Waals surface area contributed by atoms with Gasteiger partial charge in [0.2, 0.25) is 5.91 Å². The average molecular weight is 569 g/mol. The molecule has 0 unspecified atom stereocenters. The molecule has 10 heteroatoms. The van der Waals surface area contributed by atoms with Gasteiger partial charge in [-0.25, -0.2) is 4.79 Å². The zero-order valence-electron chi connectivity index (χ0n) is 23.5. The number of ether oxygens (including phenoxy) is 1. The molecular formula is C29H36N2O6SSi. The minimum atomic E-state index is -2.11. The van der Waals surface area contributed by atoms with Gasteiger partial charge in [0.15, 0.2) is 8.32 Å². The van der Waals surface area contributed by atoms with Crippen molar-refractivity contribution in [3.8, 4) is 0 Å². The van der Waals surface area contributed by atoms with Crippen LogP contribution in [0.25, 0.3) is 0 Å². The van der Waals surface area contributed by atoms with Crippen molar-refractivity contribution < 1.29 is 23.7 Å². The summed E-state index contributed by atoms with van der Waals surface area (Å²) >= 11 is 1.48. The molecule has 4 rings (SSSR count). The Morgan fingerprint density at radius 2 is 1.74 bits per heavy atom. The lowest BCUT2D eigenvalue weighted by Gasteiger charge is -2.50. The monoisotopic (exact) mass is 568 g/mol. The van der Waals surface area contributed by atoms with Crippen LogP contribution in [0.1, 0.15) is 40.2 Å². The molecule has 0 radical (unpaired) electrons. The predicted molar refractivity (Wildman–Crippen MR) is 153 cm³/mol. The number of carbonyl (C=O) groups is 2. The molecule has 2 heterocycles. The summed E-state index contributed by atoms with van der Waals surface area (Å²) in [5.74, 6) is -1.12. The van der Waals surface area contributed by atoms with Gasteiger partial charge in [-0.3, -0.25) is 14.9 Å². The SMILES string of the molecule is C[C@@H](O[Si](C)(C)C(C)(C)C)[C@H]1C(=O)N2C(C(=O)OCc3ccc([N+](=O)[O-])cc3)=C(Sc3ccccc3)[C@H](C)[C@H]12. The summed E-state index contributed by atoms with van der Waals surface area (Å²) < 4.78 is 12.3. The first-order valence-corrected chi connectivity index (χ1v) is 16.8. The number of nitro benzene ring substituents is 1. The van der Waals surface area contributed by atoms with Gasteiger partial charge in [-0.05, 0) is 54.9 Å². The summed E-state index contributed by atoms with van der Waals surface area (Å²) in [5.41, 5.74) is 0.871. The summed E-state index contributed by atoms with van der Waals surface area (Å²) in [7, 11) is -2.11. The first-order chi connectivity index (χ1) is 18.2. The van der Waals surface area contributed by atoms with Crippen molar-refractivity contribution in [2.75, 3.05) is 0 Å². The fourth-order valence-electron chi connectivity index (χ4n) is 4.90. The summed E-state index contributed by atoms with van der Waals surface area (Å²) in [6.07, 6.45) is -0.277. The molecule has 4 atom stereocenters. The van der Waals surface area contributed by atoms with Crippen molar-refractivity contribution in [1.82, 2.24) is 4.90 Å². The smallest absolute Gasteiger partial charge is 0.356 e. The lowest BCUT2D eigenvalue weighted by molar-refractivity contribution is -0.384. The van der Waals surface area contributed by atoms with Crippen molar-refractivity contribution in [1.29, 1.82) is 0 Å². The van der Waals surface area contributed by atoms with Gasteiger partial charge in [0, 0.05) is 27.9 Å². The van der Waals surface area contributed by atoms with Crippen LogP contribution in [0.15, 0.2) is 70.1 Å². The third kappa shape index (κ3) is 5.69. The van der Waals surface area contributed by atoms with E-state index < -0.39 is 19.2 Å². The molecule has 2 aromatic rings. The molecule has 0 spiro atoms. The molecule has 2 aliphatic rings. The zero-order chi connectivity index (χ0) is 28.7. The van der Waals surface area contributed by atoms with E-state index in [2.05, 4.69) is 40.8 Å². The van der Waals surface area contributed by atoms with Crippen LogP contribution in [-0.2, 0) is 25.4 Å². The summed E-state index contributed by atoms with van der Waals surface area (Å²) in [6, 6.07) is 15.4. The Labute approximate surface area is 235 Å². The Morgan fingerprint density at radius 1 is 1.13 bits per heavy atom. The molecule has 2 aliphatic heterocycles. The van der Waals surface area contributed by atoms with Crippen LogP contribution in [0.4, 0.5) is 5.69 Å². The highest BCUT2D eigenvalue weighted by molar-refractivity contribution is 8.03. The van der Waals surface area contributed by atoms with Crippen LogP contribution in [0, 0.1) is 22.0 Å². The molecule has 1 saturated heterocycles. The van der Waals surface area contributed by atoms with Crippen molar-refractivity contribution >= 4 is 37.6 Å². The number of amides is 1. The third-order valence-electron chi connectivity index (χ3n) is 8.06. The maximum Gasteiger partial charge on any atom is 0.356 e. The van der Waals surface area contributed by atoms with Crippen molar-refractivity contribution in [3.05, 3.63) is 80.9 Å². The standard InChI is InChI=1S/C29H36N2O6SSi/c1-18-24-23(19(2)37-39(6,7)29(3,4)5)27(32)30(24)25(26(18)38-22-11-9-8-10-12-22)28(33)36-17-20-13-15-21(16-14-20)31(34)35/h8-16,18-19,23-24H,17H2,1-7H3/t18-,19-,23-,24-/m1/s1. The number of benzene rings is 2. The fraction of sp³-hybridized carbons (Fsp3) is 0.448. The molecule has 1 amide bonds. The molecule has 2 aromatic carbocycles. The van der Waals surface area contributed by atoms with E-state index in [1.54, 1.807) is 17.0 Å². The third-order valence-corrected chi connectivity index (χ3v) is 13.9.